The number of pyridine rings is 1. The van der Waals surface area contributed by atoms with E-state index >= 15 is 0 Å². The maximum Gasteiger partial charge on any atom is 0.191 e. The Hall–Kier alpha value is -3.87. The van der Waals surface area contributed by atoms with E-state index in [1.165, 1.54) is 0 Å². The molecule has 152 valence electrons. The number of rotatable bonds is 6. The first kappa shape index (κ1) is 19.4. The molecule has 30 heavy (non-hydrogen) atoms. The Morgan fingerprint density at radius 3 is 2.60 bits per heavy atom. The number of nitrogens with zero attached hydrogens (tertiary/aromatic N) is 4. The first-order valence-electron chi connectivity index (χ1n) is 9.78. The summed E-state index contributed by atoms with van der Waals surface area (Å²) in [7, 11) is 1.74. The zero-order valence-electron chi connectivity index (χ0n) is 17.0. The molecular weight excluding hydrogens is 376 g/mol. The Morgan fingerprint density at radius 2 is 1.77 bits per heavy atom. The molecule has 7 nitrogen and oxygen atoms in total. The average Bonchev–Trinajstić information content (AvgIpc) is 3.19. The van der Waals surface area contributed by atoms with Crippen LogP contribution in [0.15, 0.2) is 77.9 Å². The first-order valence-corrected chi connectivity index (χ1v) is 9.78. The summed E-state index contributed by atoms with van der Waals surface area (Å²) in [5, 5.41) is 15.0. The van der Waals surface area contributed by atoms with Crippen LogP contribution >= 0.6 is 0 Å². The molecule has 0 radical (unpaired) electrons. The van der Waals surface area contributed by atoms with Gasteiger partial charge in [-0.15, -0.1) is 10.2 Å². The topological polar surface area (TPSA) is 75.8 Å². The third kappa shape index (κ3) is 4.57. The van der Waals surface area contributed by atoms with E-state index in [9.17, 15) is 0 Å². The molecule has 0 aliphatic rings. The van der Waals surface area contributed by atoms with Crippen LogP contribution in [-0.4, -0.2) is 27.6 Å². The highest BCUT2D eigenvalue weighted by atomic mass is 16.5. The SMILES string of the molecule is CN=C(NCc1ccc(C)cc1Oc1ccccc1)NCc1nnc2ccccn12. The van der Waals surface area contributed by atoms with Crippen LogP contribution in [-0.2, 0) is 13.1 Å². The molecule has 0 aliphatic carbocycles. The second-order valence-corrected chi connectivity index (χ2v) is 6.85. The van der Waals surface area contributed by atoms with E-state index in [1.807, 2.05) is 65.2 Å². The highest BCUT2D eigenvalue weighted by molar-refractivity contribution is 5.79. The third-order valence-corrected chi connectivity index (χ3v) is 4.66. The first-order chi connectivity index (χ1) is 14.7. The number of para-hydroxylation sites is 1. The van der Waals surface area contributed by atoms with Crippen molar-refractivity contribution in [3.8, 4) is 11.5 Å². The van der Waals surface area contributed by atoms with E-state index in [1.54, 1.807) is 7.05 Å². The molecule has 0 saturated heterocycles. The predicted octanol–water partition coefficient (Wildman–Crippen LogP) is 3.70. The third-order valence-electron chi connectivity index (χ3n) is 4.66. The zero-order valence-corrected chi connectivity index (χ0v) is 17.0. The van der Waals surface area contributed by atoms with Crippen LogP contribution in [0, 0.1) is 6.92 Å². The Kier molecular flexibility index (Phi) is 5.89. The van der Waals surface area contributed by atoms with Crippen molar-refractivity contribution in [2.75, 3.05) is 7.05 Å². The number of nitrogens with one attached hydrogen (secondary N) is 2. The van der Waals surface area contributed by atoms with Crippen LogP contribution in [0.3, 0.4) is 0 Å². The zero-order chi connectivity index (χ0) is 20.8. The summed E-state index contributed by atoms with van der Waals surface area (Å²) in [5.41, 5.74) is 3.01. The minimum absolute atomic E-state index is 0.506. The molecule has 2 aromatic carbocycles. The van der Waals surface area contributed by atoms with Crippen LogP contribution in [0.4, 0.5) is 0 Å². The number of fused-ring (bicyclic) bond motifs is 1. The number of aromatic nitrogens is 3. The van der Waals surface area contributed by atoms with Crippen molar-refractivity contribution in [3.05, 3.63) is 89.9 Å². The van der Waals surface area contributed by atoms with E-state index in [2.05, 4.69) is 44.9 Å². The van der Waals surface area contributed by atoms with Gasteiger partial charge in [-0.2, -0.15) is 0 Å². The lowest BCUT2D eigenvalue weighted by Gasteiger charge is -2.15. The van der Waals surface area contributed by atoms with Crippen LogP contribution in [0.1, 0.15) is 17.0 Å². The molecule has 0 unspecified atom stereocenters. The van der Waals surface area contributed by atoms with Gasteiger partial charge in [0, 0.05) is 25.4 Å². The minimum Gasteiger partial charge on any atom is -0.457 e. The van der Waals surface area contributed by atoms with Gasteiger partial charge in [0.15, 0.2) is 17.4 Å². The number of aryl methyl sites for hydroxylation is 1. The normalized spacial score (nSPS) is 11.5. The number of benzene rings is 2. The molecule has 2 heterocycles. The highest BCUT2D eigenvalue weighted by Crippen LogP contribution is 2.26. The Morgan fingerprint density at radius 1 is 0.967 bits per heavy atom. The van der Waals surface area contributed by atoms with Crippen LogP contribution in [0.5, 0.6) is 11.5 Å². The van der Waals surface area contributed by atoms with Gasteiger partial charge in [-0.05, 0) is 42.8 Å². The van der Waals surface area contributed by atoms with Gasteiger partial charge in [0.05, 0.1) is 6.54 Å². The fourth-order valence-corrected chi connectivity index (χ4v) is 3.09. The predicted molar refractivity (Wildman–Crippen MR) is 118 cm³/mol. The Labute approximate surface area is 175 Å². The van der Waals surface area contributed by atoms with Crippen molar-refractivity contribution in [3.63, 3.8) is 0 Å². The van der Waals surface area contributed by atoms with Gasteiger partial charge in [0.25, 0.3) is 0 Å². The van der Waals surface area contributed by atoms with Crippen LogP contribution in [0.2, 0.25) is 0 Å². The maximum atomic E-state index is 6.10. The van der Waals surface area contributed by atoms with E-state index in [-0.39, 0.29) is 0 Å². The lowest BCUT2D eigenvalue weighted by molar-refractivity contribution is 0.474. The molecule has 4 rings (SSSR count). The van der Waals surface area contributed by atoms with Crippen LogP contribution < -0.4 is 15.4 Å². The van der Waals surface area contributed by atoms with Gasteiger partial charge in [-0.1, -0.05) is 36.4 Å². The van der Waals surface area contributed by atoms with Gasteiger partial charge in [0.2, 0.25) is 0 Å². The summed E-state index contributed by atoms with van der Waals surface area (Å²) >= 11 is 0. The van der Waals surface area contributed by atoms with Gasteiger partial charge < -0.3 is 15.4 Å². The monoisotopic (exact) mass is 400 g/mol. The average molecular weight is 400 g/mol. The fourth-order valence-electron chi connectivity index (χ4n) is 3.09. The lowest BCUT2D eigenvalue weighted by Crippen LogP contribution is -2.36. The summed E-state index contributed by atoms with van der Waals surface area (Å²) in [5.74, 6) is 3.13. The van der Waals surface area contributed by atoms with E-state index in [0.29, 0.717) is 19.0 Å². The van der Waals surface area contributed by atoms with Crippen molar-refractivity contribution < 1.29 is 4.74 Å². The van der Waals surface area contributed by atoms with Crippen molar-refractivity contribution in [1.82, 2.24) is 25.2 Å². The molecule has 2 aromatic heterocycles. The molecule has 7 heteroatoms. The van der Waals surface area contributed by atoms with Crippen LogP contribution in [0.25, 0.3) is 5.65 Å². The van der Waals surface area contributed by atoms with Gasteiger partial charge >= 0.3 is 0 Å². The summed E-state index contributed by atoms with van der Waals surface area (Å²) < 4.78 is 8.05. The standard InChI is InChI=1S/C23H24N6O/c1-17-11-12-18(20(14-17)30-19-8-4-3-5-9-19)15-25-23(24-2)26-16-22-28-27-21-10-6-7-13-29(21)22/h3-14H,15-16H2,1-2H3,(H2,24,25,26). The van der Waals surface area contributed by atoms with Gasteiger partial charge in [-0.25, -0.2) is 0 Å². The second kappa shape index (κ2) is 9.09. The molecule has 0 atom stereocenters. The van der Waals surface area contributed by atoms with Crippen molar-refractivity contribution >= 4 is 11.6 Å². The van der Waals surface area contributed by atoms with E-state index < -0.39 is 0 Å². The number of hydrogen-bond acceptors (Lipinski definition) is 4. The Balaban J connectivity index is 1.41. The molecule has 0 spiro atoms. The molecule has 0 amide bonds. The van der Waals surface area contributed by atoms with Crippen molar-refractivity contribution in [1.29, 1.82) is 0 Å². The van der Waals surface area contributed by atoms with Crippen molar-refractivity contribution in [2.24, 2.45) is 4.99 Å². The number of ether oxygens (including phenoxy) is 1. The molecule has 4 aromatic rings. The van der Waals surface area contributed by atoms with E-state index in [0.717, 1.165) is 34.1 Å². The fraction of sp³-hybridized carbons (Fsp3) is 0.174. The molecule has 0 fully saturated rings. The van der Waals surface area contributed by atoms with Crippen molar-refractivity contribution in [2.45, 2.75) is 20.0 Å². The summed E-state index contributed by atoms with van der Waals surface area (Å²) in [6, 6.07) is 21.8. The quantitative estimate of drug-likeness (QED) is 0.381. The van der Waals surface area contributed by atoms with E-state index in [4.69, 9.17) is 4.74 Å². The summed E-state index contributed by atoms with van der Waals surface area (Å²) in [4.78, 5) is 4.31. The Bertz CT molecular complexity index is 1150. The largest absolute Gasteiger partial charge is 0.457 e. The number of guanidine groups is 1. The molecular formula is C23H24N6O. The number of hydrogen-bond donors (Lipinski definition) is 2. The lowest BCUT2D eigenvalue weighted by atomic mass is 10.1. The smallest absolute Gasteiger partial charge is 0.191 e. The second-order valence-electron chi connectivity index (χ2n) is 6.85. The molecule has 0 saturated carbocycles. The highest BCUT2D eigenvalue weighted by Gasteiger charge is 2.09. The minimum atomic E-state index is 0.506. The molecule has 0 bridgehead atoms. The van der Waals surface area contributed by atoms with Gasteiger partial charge in [-0.3, -0.25) is 9.39 Å². The molecule has 0 aliphatic heterocycles. The van der Waals surface area contributed by atoms with Gasteiger partial charge in [0.1, 0.15) is 11.5 Å². The number of aliphatic imine (C=N–C) groups is 1. The maximum absolute atomic E-state index is 6.10. The summed E-state index contributed by atoms with van der Waals surface area (Å²) in [6.45, 7) is 3.13. The molecule has 2 N–H and O–H groups in total. The summed E-state index contributed by atoms with van der Waals surface area (Å²) in [6.07, 6.45) is 1.95.